The zero-order valence-corrected chi connectivity index (χ0v) is 17.6. The van der Waals surface area contributed by atoms with E-state index in [1.807, 2.05) is 42.5 Å². The number of carbonyl (C=O) groups is 2. The molecule has 1 N–H and O–H groups in total. The minimum absolute atomic E-state index is 0.00243. The van der Waals surface area contributed by atoms with Crippen LogP contribution in [0.2, 0.25) is 0 Å². The van der Waals surface area contributed by atoms with Crippen LogP contribution in [0.5, 0.6) is 0 Å². The summed E-state index contributed by atoms with van der Waals surface area (Å²) in [5.41, 5.74) is 0.501. The number of Topliss-reactive ketones (excluding diaryl/α,β-unsaturated/α-hetero) is 1. The van der Waals surface area contributed by atoms with E-state index in [1.54, 1.807) is 13.0 Å². The molecular formula is C23H20N2O5S. The first-order valence-corrected chi connectivity index (χ1v) is 11.0. The minimum atomic E-state index is -4.10. The van der Waals surface area contributed by atoms with Gasteiger partial charge in [-0.15, -0.1) is 0 Å². The Bertz CT molecular complexity index is 1280. The Morgan fingerprint density at radius 3 is 2.42 bits per heavy atom. The lowest BCUT2D eigenvalue weighted by Gasteiger charge is -2.13. The molecule has 31 heavy (non-hydrogen) atoms. The molecule has 0 aliphatic rings. The smallest absolute Gasteiger partial charge is 0.331 e. The van der Waals surface area contributed by atoms with Crippen molar-refractivity contribution < 1.29 is 22.7 Å². The molecule has 0 aliphatic heterocycles. The molecule has 1 unspecified atom stereocenters. The number of carbonyl (C=O) groups excluding carboxylic acids is 2. The zero-order chi connectivity index (χ0) is 22.4. The molecule has 3 aromatic carbocycles. The van der Waals surface area contributed by atoms with Crippen molar-refractivity contribution >= 4 is 32.5 Å². The maximum absolute atomic E-state index is 12.9. The van der Waals surface area contributed by atoms with Gasteiger partial charge in [-0.2, -0.15) is 5.26 Å². The molecule has 3 rings (SSSR count). The summed E-state index contributed by atoms with van der Waals surface area (Å²) >= 11 is 0. The van der Waals surface area contributed by atoms with Crippen molar-refractivity contribution in [3.63, 3.8) is 0 Å². The van der Waals surface area contributed by atoms with Gasteiger partial charge in [-0.05, 0) is 41.5 Å². The van der Waals surface area contributed by atoms with Crippen molar-refractivity contribution in [3.05, 3.63) is 77.9 Å². The summed E-state index contributed by atoms with van der Waals surface area (Å²) in [6.45, 7) is 1.55. The van der Waals surface area contributed by atoms with Crippen LogP contribution >= 0.6 is 0 Å². The highest BCUT2D eigenvalue weighted by Crippen LogP contribution is 2.21. The first-order chi connectivity index (χ1) is 14.9. The van der Waals surface area contributed by atoms with Crippen LogP contribution in [-0.2, 0) is 26.1 Å². The van der Waals surface area contributed by atoms with E-state index in [1.165, 1.54) is 24.3 Å². The molecule has 0 spiro atoms. The molecule has 0 heterocycles. The van der Waals surface area contributed by atoms with Gasteiger partial charge in [0.1, 0.15) is 0 Å². The second-order valence-electron chi connectivity index (χ2n) is 6.68. The molecular weight excluding hydrogens is 416 g/mol. The predicted octanol–water partition coefficient (Wildman–Crippen LogP) is 3.20. The number of benzene rings is 3. The van der Waals surface area contributed by atoms with Gasteiger partial charge in [-0.25, -0.2) is 13.1 Å². The second-order valence-corrected chi connectivity index (χ2v) is 8.42. The Balaban J connectivity index is 1.86. The molecule has 0 saturated carbocycles. The third-order valence-electron chi connectivity index (χ3n) is 4.64. The van der Waals surface area contributed by atoms with Gasteiger partial charge >= 0.3 is 5.97 Å². The van der Waals surface area contributed by atoms with E-state index >= 15 is 0 Å². The van der Waals surface area contributed by atoms with Crippen molar-refractivity contribution in [1.29, 1.82) is 5.26 Å². The van der Waals surface area contributed by atoms with Crippen LogP contribution < -0.4 is 4.72 Å². The highest BCUT2D eigenvalue weighted by Gasteiger charge is 2.32. The summed E-state index contributed by atoms with van der Waals surface area (Å²) in [4.78, 5) is 24.4. The first-order valence-electron chi connectivity index (χ1n) is 9.54. The lowest BCUT2D eigenvalue weighted by molar-refractivity contribution is -0.144. The van der Waals surface area contributed by atoms with E-state index in [-0.39, 0.29) is 23.6 Å². The van der Waals surface area contributed by atoms with E-state index in [2.05, 4.69) is 4.72 Å². The molecule has 0 bridgehead atoms. The summed E-state index contributed by atoms with van der Waals surface area (Å²) in [5.74, 6) is -3.67. The van der Waals surface area contributed by atoms with Crippen molar-refractivity contribution in [1.82, 2.24) is 4.72 Å². The fourth-order valence-electron chi connectivity index (χ4n) is 3.11. The molecule has 0 radical (unpaired) electrons. The Morgan fingerprint density at radius 2 is 1.71 bits per heavy atom. The third-order valence-corrected chi connectivity index (χ3v) is 6.10. The van der Waals surface area contributed by atoms with E-state index in [0.717, 1.165) is 16.3 Å². The average Bonchev–Trinajstić information content (AvgIpc) is 2.78. The number of hydrogen-bond donors (Lipinski definition) is 1. The van der Waals surface area contributed by atoms with E-state index in [0.29, 0.717) is 0 Å². The number of fused-ring (bicyclic) bond motifs is 1. The van der Waals surface area contributed by atoms with Crippen LogP contribution in [-0.4, -0.2) is 26.8 Å². The molecule has 0 aromatic heterocycles. The number of ether oxygens (including phenoxy) is 1. The van der Waals surface area contributed by atoms with Crippen LogP contribution in [0.25, 0.3) is 10.8 Å². The van der Waals surface area contributed by atoms with Gasteiger partial charge in [0.05, 0.1) is 17.6 Å². The summed E-state index contributed by atoms with van der Waals surface area (Å²) < 4.78 is 33.1. The summed E-state index contributed by atoms with van der Waals surface area (Å²) in [6.07, 6.45) is 0. The van der Waals surface area contributed by atoms with Gasteiger partial charge in [-0.1, -0.05) is 48.5 Å². The van der Waals surface area contributed by atoms with Gasteiger partial charge in [0.15, 0.2) is 5.78 Å². The van der Waals surface area contributed by atoms with E-state index in [9.17, 15) is 23.3 Å². The number of esters is 1. The molecule has 0 amide bonds. The quantitative estimate of drug-likeness (QED) is 0.330. The SMILES string of the molecule is CCOC(=O)C(C#N)C(=O)c1ccccc1S(=O)(=O)NCc1ccc2ccccc2c1. The molecule has 8 heteroatoms. The third kappa shape index (κ3) is 4.97. The molecule has 0 fully saturated rings. The highest BCUT2D eigenvalue weighted by molar-refractivity contribution is 7.89. The van der Waals surface area contributed by atoms with Crippen LogP contribution in [0.4, 0.5) is 0 Å². The van der Waals surface area contributed by atoms with Crippen molar-refractivity contribution in [2.24, 2.45) is 5.92 Å². The molecule has 3 aromatic rings. The lowest BCUT2D eigenvalue weighted by atomic mass is 9.99. The standard InChI is InChI=1S/C23H20N2O5S/c1-2-30-23(27)20(14-24)22(26)19-9-5-6-10-21(19)31(28,29)25-15-16-11-12-17-7-3-4-8-18(17)13-16/h3-13,20,25H,2,15H2,1H3. The number of nitriles is 1. The largest absolute Gasteiger partial charge is 0.465 e. The maximum Gasteiger partial charge on any atom is 0.331 e. The second kappa shape index (κ2) is 9.51. The van der Waals surface area contributed by atoms with Gasteiger partial charge < -0.3 is 4.74 Å². The Labute approximate surface area is 180 Å². The van der Waals surface area contributed by atoms with Crippen molar-refractivity contribution in [3.8, 4) is 6.07 Å². The number of rotatable bonds is 8. The molecule has 0 saturated heterocycles. The highest BCUT2D eigenvalue weighted by atomic mass is 32.2. The van der Waals surface area contributed by atoms with Gasteiger partial charge in [-0.3, -0.25) is 9.59 Å². The average molecular weight is 436 g/mol. The Hall–Kier alpha value is -3.54. The van der Waals surface area contributed by atoms with Crippen LogP contribution in [0, 0.1) is 17.2 Å². The molecule has 158 valence electrons. The Morgan fingerprint density at radius 1 is 1.03 bits per heavy atom. The number of hydrogen-bond acceptors (Lipinski definition) is 6. The minimum Gasteiger partial charge on any atom is -0.465 e. The molecule has 0 aliphatic carbocycles. The molecule has 7 nitrogen and oxygen atoms in total. The van der Waals surface area contributed by atoms with Crippen LogP contribution in [0.15, 0.2) is 71.6 Å². The van der Waals surface area contributed by atoms with Gasteiger partial charge in [0, 0.05) is 12.1 Å². The van der Waals surface area contributed by atoms with Gasteiger partial charge in [0.25, 0.3) is 0 Å². The monoisotopic (exact) mass is 436 g/mol. The predicted molar refractivity (Wildman–Crippen MR) is 114 cm³/mol. The number of sulfonamides is 1. The number of nitrogens with zero attached hydrogens (tertiary/aromatic N) is 1. The summed E-state index contributed by atoms with van der Waals surface area (Å²) in [7, 11) is -4.10. The topological polar surface area (TPSA) is 113 Å². The lowest BCUT2D eigenvalue weighted by Crippen LogP contribution is -2.29. The summed E-state index contributed by atoms with van der Waals surface area (Å²) in [6, 6.07) is 20.4. The Kier molecular flexibility index (Phi) is 6.80. The number of nitrogens with one attached hydrogen (secondary N) is 1. The van der Waals surface area contributed by atoms with Crippen LogP contribution in [0.1, 0.15) is 22.8 Å². The van der Waals surface area contributed by atoms with E-state index < -0.39 is 27.7 Å². The van der Waals surface area contributed by atoms with Crippen LogP contribution in [0.3, 0.4) is 0 Å². The number of ketones is 1. The fourth-order valence-corrected chi connectivity index (χ4v) is 4.34. The van der Waals surface area contributed by atoms with Crippen molar-refractivity contribution in [2.75, 3.05) is 6.61 Å². The summed E-state index contributed by atoms with van der Waals surface area (Å²) in [5, 5.41) is 11.3. The normalized spacial score (nSPS) is 12.1. The van der Waals surface area contributed by atoms with Crippen molar-refractivity contribution in [2.45, 2.75) is 18.4 Å². The fraction of sp³-hybridized carbons (Fsp3) is 0.174. The zero-order valence-electron chi connectivity index (χ0n) is 16.7. The maximum atomic E-state index is 12.9. The first kappa shape index (κ1) is 22.2. The van der Waals surface area contributed by atoms with E-state index in [4.69, 9.17) is 4.74 Å². The van der Waals surface area contributed by atoms with Gasteiger partial charge in [0.2, 0.25) is 15.9 Å². The molecule has 1 atom stereocenters.